The van der Waals surface area contributed by atoms with Gasteiger partial charge in [-0.3, -0.25) is 9.59 Å². The third-order valence-electron chi connectivity index (χ3n) is 6.56. The number of nitrogens with one attached hydrogen (secondary N) is 1. The molecule has 1 unspecified atom stereocenters. The molecule has 1 amide bonds. The van der Waals surface area contributed by atoms with Crippen molar-refractivity contribution >= 4 is 34.4 Å². The van der Waals surface area contributed by atoms with Gasteiger partial charge in [0.05, 0.1) is 6.04 Å². The monoisotopic (exact) mass is 534 g/mol. The molecule has 6 nitrogen and oxygen atoms in total. The van der Waals surface area contributed by atoms with Crippen LogP contribution in [0.5, 0.6) is 11.5 Å². The Labute approximate surface area is 225 Å². The van der Waals surface area contributed by atoms with Crippen molar-refractivity contribution in [1.29, 1.82) is 0 Å². The van der Waals surface area contributed by atoms with Crippen LogP contribution in [0.15, 0.2) is 67.3 Å². The average Bonchev–Trinajstić information content (AvgIpc) is 3.10. The summed E-state index contributed by atoms with van der Waals surface area (Å²) >= 11 is 6.16. The van der Waals surface area contributed by atoms with Crippen molar-refractivity contribution in [1.82, 2.24) is 9.88 Å². The summed E-state index contributed by atoms with van der Waals surface area (Å²) in [4.78, 5) is 24.2. The largest absolute Gasteiger partial charge is 0.481 e. The maximum absolute atomic E-state index is 14.6. The van der Waals surface area contributed by atoms with E-state index in [0.29, 0.717) is 28.5 Å². The Bertz CT molecular complexity index is 1560. The zero-order chi connectivity index (χ0) is 27.6. The number of amides is 1. The van der Waals surface area contributed by atoms with Gasteiger partial charge in [-0.15, -0.1) is 6.58 Å². The molecule has 0 fully saturated rings. The predicted molar refractivity (Wildman–Crippen MR) is 147 cm³/mol. The lowest BCUT2D eigenvalue weighted by Crippen LogP contribution is -2.29. The fourth-order valence-electron chi connectivity index (χ4n) is 4.62. The Hall–Kier alpha value is -4.10. The molecule has 0 bridgehead atoms. The van der Waals surface area contributed by atoms with Crippen LogP contribution in [0.1, 0.15) is 45.2 Å². The summed E-state index contributed by atoms with van der Waals surface area (Å²) in [7, 11) is 1.81. The molecular weight excluding hydrogens is 507 g/mol. The summed E-state index contributed by atoms with van der Waals surface area (Å²) in [6.45, 7) is 7.56. The maximum Gasteiger partial charge on any atom is 0.303 e. The van der Waals surface area contributed by atoms with Gasteiger partial charge in [-0.05, 0) is 85.0 Å². The number of nitrogens with zero attached hydrogens (tertiary/aromatic N) is 1. The molecule has 1 aromatic heterocycles. The van der Waals surface area contributed by atoms with Crippen molar-refractivity contribution in [3.05, 3.63) is 106 Å². The van der Waals surface area contributed by atoms with E-state index < -0.39 is 17.8 Å². The SMILES string of the molecule is C=CC(NC(=O)c1c(C)c2cc(Cl)ccc2n1C)c1cc(F)cc(Oc2ccc(CCC(=O)O)c(C)c2)c1. The van der Waals surface area contributed by atoms with E-state index in [1.54, 1.807) is 34.9 Å². The lowest BCUT2D eigenvalue weighted by Gasteiger charge is -2.18. The second kappa shape index (κ2) is 11.1. The first kappa shape index (κ1) is 26.9. The molecule has 0 aliphatic heterocycles. The van der Waals surface area contributed by atoms with Crippen LogP contribution in [0.4, 0.5) is 4.39 Å². The summed E-state index contributed by atoms with van der Waals surface area (Å²) < 4.78 is 22.3. The van der Waals surface area contributed by atoms with Gasteiger partial charge >= 0.3 is 5.97 Å². The van der Waals surface area contributed by atoms with Crippen LogP contribution in [-0.2, 0) is 18.3 Å². The highest BCUT2D eigenvalue weighted by atomic mass is 35.5. The molecule has 0 radical (unpaired) electrons. The molecule has 3 aromatic carbocycles. The van der Waals surface area contributed by atoms with Crippen molar-refractivity contribution in [2.45, 2.75) is 32.7 Å². The normalized spacial score (nSPS) is 11.8. The van der Waals surface area contributed by atoms with Gasteiger partial charge in [-0.2, -0.15) is 0 Å². The lowest BCUT2D eigenvalue weighted by atomic mass is 10.0. The van der Waals surface area contributed by atoms with Gasteiger partial charge in [0, 0.05) is 35.5 Å². The highest BCUT2D eigenvalue weighted by Gasteiger charge is 2.22. The molecule has 2 N–H and O–H groups in total. The van der Waals surface area contributed by atoms with Gasteiger partial charge in [-0.1, -0.05) is 23.7 Å². The molecule has 0 saturated carbocycles. The summed E-state index contributed by atoms with van der Waals surface area (Å²) in [6, 6.07) is 14.3. The van der Waals surface area contributed by atoms with Gasteiger partial charge in [0.2, 0.25) is 0 Å². The predicted octanol–water partition coefficient (Wildman–Crippen LogP) is 7.05. The minimum Gasteiger partial charge on any atom is -0.481 e. The van der Waals surface area contributed by atoms with Crippen molar-refractivity contribution < 1.29 is 23.8 Å². The highest BCUT2D eigenvalue weighted by Crippen LogP contribution is 2.30. The first-order valence-corrected chi connectivity index (χ1v) is 12.4. The molecule has 0 aliphatic rings. The average molecular weight is 535 g/mol. The third-order valence-corrected chi connectivity index (χ3v) is 6.80. The number of benzene rings is 3. The first-order chi connectivity index (χ1) is 18.1. The number of carboxylic acids is 1. The van der Waals surface area contributed by atoms with E-state index in [9.17, 15) is 14.0 Å². The van der Waals surface area contributed by atoms with Crippen molar-refractivity contribution in [3.63, 3.8) is 0 Å². The number of carbonyl (C=O) groups is 2. The number of hydrogen-bond acceptors (Lipinski definition) is 3. The first-order valence-electron chi connectivity index (χ1n) is 12.0. The van der Waals surface area contributed by atoms with E-state index in [0.717, 1.165) is 27.6 Å². The minimum atomic E-state index is -0.860. The summed E-state index contributed by atoms with van der Waals surface area (Å²) in [5.41, 5.74) is 4.38. The van der Waals surface area contributed by atoms with Crippen LogP contribution in [0, 0.1) is 19.7 Å². The van der Waals surface area contributed by atoms with E-state index in [-0.39, 0.29) is 18.1 Å². The summed E-state index contributed by atoms with van der Waals surface area (Å²) in [5.74, 6) is -0.970. The number of aromatic nitrogens is 1. The second-order valence-corrected chi connectivity index (χ2v) is 9.62. The van der Waals surface area contributed by atoms with Crippen LogP contribution >= 0.6 is 11.6 Å². The number of carbonyl (C=O) groups excluding carboxylic acids is 1. The van der Waals surface area contributed by atoms with Crippen LogP contribution in [0.2, 0.25) is 5.02 Å². The number of aryl methyl sites for hydroxylation is 4. The van der Waals surface area contributed by atoms with Crippen LogP contribution < -0.4 is 10.1 Å². The number of rotatable bonds is 9. The fraction of sp³-hybridized carbons (Fsp3) is 0.200. The van der Waals surface area contributed by atoms with E-state index >= 15 is 0 Å². The number of hydrogen-bond donors (Lipinski definition) is 2. The smallest absolute Gasteiger partial charge is 0.303 e. The number of fused-ring (bicyclic) bond motifs is 1. The number of carboxylic acid groups (broad SMARTS) is 1. The van der Waals surface area contributed by atoms with Crippen molar-refractivity contribution in [3.8, 4) is 11.5 Å². The molecule has 0 saturated heterocycles. The molecule has 1 heterocycles. The summed E-state index contributed by atoms with van der Waals surface area (Å²) in [5, 5.41) is 13.3. The van der Waals surface area contributed by atoms with E-state index in [4.69, 9.17) is 21.4 Å². The topological polar surface area (TPSA) is 80.6 Å². The standard InChI is InChI=1S/C30H28ClFN2O4/c1-5-26(33-30(37)29-18(3)25-15-21(31)8-10-27(25)34(29)4)20-13-22(32)16-24(14-20)38-23-9-6-19(17(2)12-23)7-11-28(35)36/h5-6,8-10,12-16,26H,1,7,11H2,2-4H3,(H,33,37)(H,35,36). The van der Waals surface area contributed by atoms with Crippen LogP contribution in [-0.4, -0.2) is 21.6 Å². The molecular formula is C30H28ClFN2O4. The lowest BCUT2D eigenvalue weighted by molar-refractivity contribution is -0.136. The Morgan fingerprint density at radius 3 is 2.58 bits per heavy atom. The van der Waals surface area contributed by atoms with Gasteiger partial charge in [0.25, 0.3) is 5.91 Å². The quantitative estimate of drug-likeness (QED) is 0.225. The molecule has 38 heavy (non-hydrogen) atoms. The van der Waals surface area contributed by atoms with Gasteiger partial charge < -0.3 is 19.7 Å². The van der Waals surface area contributed by atoms with Gasteiger partial charge in [0.15, 0.2) is 0 Å². The molecule has 8 heteroatoms. The molecule has 196 valence electrons. The zero-order valence-corrected chi connectivity index (χ0v) is 22.1. The fourth-order valence-corrected chi connectivity index (χ4v) is 4.80. The number of ether oxygens (including phenoxy) is 1. The van der Waals surface area contributed by atoms with E-state index in [2.05, 4.69) is 11.9 Å². The maximum atomic E-state index is 14.6. The Morgan fingerprint density at radius 1 is 1.13 bits per heavy atom. The molecule has 4 rings (SSSR count). The molecule has 0 aliphatic carbocycles. The minimum absolute atomic E-state index is 0.0367. The Morgan fingerprint density at radius 2 is 1.89 bits per heavy atom. The van der Waals surface area contributed by atoms with Crippen LogP contribution in [0.25, 0.3) is 10.9 Å². The Balaban J connectivity index is 1.57. The van der Waals surface area contributed by atoms with E-state index in [1.807, 2.05) is 33.0 Å². The number of aliphatic carboxylic acids is 1. The Kier molecular flexibility index (Phi) is 7.88. The number of halogens is 2. The van der Waals surface area contributed by atoms with Gasteiger partial charge in [-0.25, -0.2) is 4.39 Å². The van der Waals surface area contributed by atoms with Gasteiger partial charge in [0.1, 0.15) is 23.0 Å². The summed E-state index contributed by atoms with van der Waals surface area (Å²) in [6.07, 6.45) is 1.98. The van der Waals surface area contributed by atoms with Crippen LogP contribution in [0.3, 0.4) is 0 Å². The van der Waals surface area contributed by atoms with Crippen molar-refractivity contribution in [2.24, 2.45) is 7.05 Å². The highest BCUT2D eigenvalue weighted by molar-refractivity contribution is 6.31. The molecule has 4 aromatic rings. The zero-order valence-electron chi connectivity index (χ0n) is 21.3. The molecule has 0 spiro atoms. The second-order valence-electron chi connectivity index (χ2n) is 9.19. The molecule has 1 atom stereocenters. The van der Waals surface area contributed by atoms with E-state index in [1.165, 1.54) is 18.2 Å². The third kappa shape index (κ3) is 5.73. The van der Waals surface area contributed by atoms with Crippen molar-refractivity contribution in [2.75, 3.05) is 0 Å².